The van der Waals surface area contributed by atoms with Gasteiger partial charge in [-0.25, -0.2) is 0 Å². The Labute approximate surface area is 184 Å². The van der Waals surface area contributed by atoms with Crippen LogP contribution in [0, 0.1) is 19.8 Å². The molecule has 168 valence electrons. The van der Waals surface area contributed by atoms with E-state index in [0.29, 0.717) is 24.6 Å². The summed E-state index contributed by atoms with van der Waals surface area (Å²) in [7, 11) is 0. The highest BCUT2D eigenvalue weighted by atomic mass is 16.5. The van der Waals surface area contributed by atoms with Gasteiger partial charge in [0.2, 0.25) is 17.4 Å². The third-order valence-corrected chi connectivity index (χ3v) is 6.66. The van der Waals surface area contributed by atoms with Crippen molar-refractivity contribution in [3.05, 3.63) is 41.3 Å². The van der Waals surface area contributed by atoms with E-state index in [1.165, 1.54) is 25.5 Å². The molecule has 1 N–H and O–H groups in total. The summed E-state index contributed by atoms with van der Waals surface area (Å²) >= 11 is 0. The summed E-state index contributed by atoms with van der Waals surface area (Å²) in [5, 5.41) is 3.08. The minimum Gasteiger partial charge on any atom is -0.493 e. The lowest BCUT2D eigenvalue weighted by Crippen LogP contribution is -2.44. The number of benzene rings is 1. The van der Waals surface area contributed by atoms with Gasteiger partial charge < -0.3 is 19.5 Å². The smallest absolute Gasteiger partial charge is 0.246 e. The first kappa shape index (κ1) is 21.9. The number of amides is 1. The van der Waals surface area contributed by atoms with Crippen molar-refractivity contribution >= 4 is 11.7 Å². The number of allylic oxidation sites excluding steroid dienone is 1. The summed E-state index contributed by atoms with van der Waals surface area (Å²) in [4.78, 5) is 25.2. The number of Topliss-reactive ketones (excluding diaryl/α,β-unsaturated/α-hetero) is 1. The fraction of sp³-hybridized carbons (Fsp3) is 0.600. The maximum atomic E-state index is 13.0. The summed E-state index contributed by atoms with van der Waals surface area (Å²) < 4.78 is 17.7. The molecule has 0 aromatic heterocycles. The third-order valence-electron chi connectivity index (χ3n) is 6.66. The van der Waals surface area contributed by atoms with Crippen molar-refractivity contribution in [2.24, 2.45) is 5.92 Å². The Bertz CT molecular complexity index is 842. The lowest BCUT2D eigenvalue weighted by atomic mass is 9.80. The maximum absolute atomic E-state index is 13.0. The normalized spacial score (nSPS) is 26.5. The van der Waals surface area contributed by atoms with Gasteiger partial charge >= 0.3 is 0 Å². The quantitative estimate of drug-likeness (QED) is 0.739. The van der Waals surface area contributed by atoms with E-state index >= 15 is 0 Å². The average molecular weight is 428 g/mol. The highest BCUT2D eigenvalue weighted by Gasteiger charge is 2.41. The van der Waals surface area contributed by atoms with Crippen LogP contribution in [0.2, 0.25) is 0 Å². The summed E-state index contributed by atoms with van der Waals surface area (Å²) in [6.07, 6.45) is 8.94. The number of rotatable bonds is 6. The minimum atomic E-state index is -0.224. The van der Waals surface area contributed by atoms with E-state index in [1.807, 2.05) is 32.0 Å². The van der Waals surface area contributed by atoms with Gasteiger partial charge in [0.05, 0.1) is 12.0 Å². The largest absolute Gasteiger partial charge is 0.493 e. The van der Waals surface area contributed by atoms with Crippen molar-refractivity contribution in [2.45, 2.75) is 83.5 Å². The van der Waals surface area contributed by atoms with Gasteiger partial charge in [0.15, 0.2) is 0 Å². The second kappa shape index (κ2) is 9.86. The number of carbonyl (C=O) groups is 2. The van der Waals surface area contributed by atoms with Crippen molar-refractivity contribution in [1.29, 1.82) is 0 Å². The van der Waals surface area contributed by atoms with E-state index in [0.717, 1.165) is 30.4 Å². The first-order chi connectivity index (χ1) is 15.0. The average Bonchev–Trinajstić information content (AvgIpc) is 2.77. The number of ether oxygens (including phenoxy) is 3. The zero-order chi connectivity index (χ0) is 21.8. The van der Waals surface area contributed by atoms with Crippen LogP contribution in [0.4, 0.5) is 0 Å². The molecule has 0 spiro atoms. The zero-order valence-corrected chi connectivity index (χ0v) is 18.5. The molecule has 2 saturated carbocycles. The second-order valence-corrected chi connectivity index (χ2v) is 9.15. The first-order valence-electron chi connectivity index (χ1n) is 11.6. The van der Waals surface area contributed by atoms with Crippen LogP contribution in [0.5, 0.6) is 5.75 Å². The molecule has 6 heteroatoms. The van der Waals surface area contributed by atoms with Gasteiger partial charge in [-0.15, -0.1) is 0 Å². The Morgan fingerprint density at radius 2 is 1.94 bits per heavy atom. The predicted octanol–water partition coefficient (Wildman–Crippen LogP) is 4.13. The summed E-state index contributed by atoms with van der Waals surface area (Å²) in [5.74, 6) is 0.675. The monoisotopic (exact) mass is 427 g/mol. The van der Waals surface area contributed by atoms with E-state index in [4.69, 9.17) is 14.2 Å². The molecule has 1 aromatic rings. The van der Waals surface area contributed by atoms with E-state index in [1.54, 1.807) is 0 Å². The third kappa shape index (κ3) is 5.48. The topological polar surface area (TPSA) is 73.9 Å². The number of fused-ring (bicyclic) bond motifs is 1. The van der Waals surface area contributed by atoms with Crippen LogP contribution in [-0.4, -0.2) is 36.5 Å². The van der Waals surface area contributed by atoms with Gasteiger partial charge in [-0.1, -0.05) is 31.4 Å². The molecule has 4 rings (SSSR count). The Hall–Kier alpha value is -2.34. The predicted molar refractivity (Wildman–Crippen MR) is 117 cm³/mol. The van der Waals surface area contributed by atoms with Crippen molar-refractivity contribution in [3.8, 4) is 5.75 Å². The van der Waals surface area contributed by atoms with Gasteiger partial charge in [0.25, 0.3) is 0 Å². The maximum Gasteiger partial charge on any atom is 0.246 e. The molecule has 0 bridgehead atoms. The van der Waals surface area contributed by atoms with Crippen molar-refractivity contribution in [1.82, 2.24) is 5.32 Å². The van der Waals surface area contributed by atoms with Crippen LogP contribution in [0.1, 0.15) is 62.5 Å². The van der Waals surface area contributed by atoms with Gasteiger partial charge in [0, 0.05) is 12.5 Å². The molecule has 3 unspecified atom stereocenters. The first-order valence-corrected chi connectivity index (χ1v) is 11.6. The summed E-state index contributed by atoms with van der Waals surface area (Å²) in [6.45, 7) is 4.02. The second-order valence-electron chi connectivity index (χ2n) is 9.15. The molecule has 2 aliphatic carbocycles. The number of aryl methyl sites for hydroxylation is 2. The zero-order valence-electron chi connectivity index (χ0n) is 18.5. The molecule has 1 heterocycles. The van der Waals surface area contributed by atoms with Gasteiger partial charge in [-0.3, -0.25) is 9.59 Å². The number of ketones is 1. The summed E-state index contributed by atoms with van der Waals surface area (Å²) in [5.41, 5.74) is 2.05. The van der Waals surface area contributed by atoms with Crippen LogP contribution in [0.3, 0.4) is 0 Å². The van der Waals surface area contributed by atoms with E-state index in [2.05, 4.69) is 5.32 Å². The molecule has 1 aliphatic heterocycles. The van der Waals surface area contributed by atoms with Crippen LogP contribution in [0.25, 0.3) is 0 Å². The van der Waals surface area contributed by atoms with E-state index < -0.39 is 0 Å². The molecule has 0 radical (unpaired) electrons. The lowest BCUT2D eigenvalue weighted by Gasteiger charge is -2.37. The molecule has 1 amide bonds. The Kier molecular flexibility index (Phi) is 6.96. The molecule has 1 aromatic carbocycles. The van der Waals surface area contributed by atoms with Crippen LogP contribution in [-0.2, 0) is 19.1 Å². The number of nitrogens with one attached hydrogen (secondary N) is 1. The van der Waals surface area contributed by atoms with Crippen molar-refractivity contribution in [3.63, 3.8) is 0 Å². The van der Waals surface area contributed by atoms with Crippen LogP contribution in [0.15, 0.2) is 30.2 Å². The molecular formula is C25H33NO5. The molecule has 31 heavy (non-hydrogen) atoms. The standard InChI is InChI=1S/C25H33NO5/c1-16-8-9-17(2)21(12-16)31-23-14-30-22-13-19(10-11-20(22)25(23)28)29-15-24(27)26-18-6-4-3-5-7-18/h8-9,12,14,18-20,22H,3-7,10-11,13,15H2,1-2H3,(H,26,27). The molecular weight excluding hydrogens is 394 g/mol. The van der Waals surface area contributed by atoms with Gasteiger partial charge in [-0.05, 0) is 56.7 Å². The molecule has 0 saturated heterocycles. The molecule has 3 aliphatic rings. The van der Waals surface area contributed by atoms with Gasteiger partial charge in [-0.2, -0.15) is 0 Å². The van der Waals surface area contributed by atoms with Crippen LogP contribution < -0.4 is 10.1 Å². The Morgan fingerprint density at radius 1 is 1.13 bits per heavy atom. The molecule has 2 fully saturated rings. The van der Waals surface area contributed by atoms with E-state index in [-0.39, 0.29) is 42.2 Å². The lowest BCUT2D eigenvalue weighted by molar-refractivity contribution is -0.138. The number of hydrogen-bond donors (Lipinski definition) is 1. The molecule has 6 nitrogen and oxygen atoms in total. The Morgan fingerprint density at radius 3 is 2.74 bits per heavy atom. The van der Waals surface area contributed by atoms with Crippen LogP contribution >= 0.6 is 0 Å². The minimum absolute atomic E-state index is 0.00866. The van der Waals surface area contributed by atoms with Gasteiger partial charge in [0.1, 0.15) is 24.7 Å². The van der Waals surface area contributed by atoms with E-state index in [9.17, 15) is 9.59 Å². The Balaban J connectivity index is 1.28. The molecule has 3 atom stereocenters. The SMILES string of the molecule is Cc1ccc(C)c(OC2=COC3CC(OCC(=O)NC4CCCCC4)CCC3C2=O)c1. The summed E-state index contributed by atoms with van der Waals surface area (Å²) in [6, 6.07) is 6.22. The highest BCUT2D eigenvalue weighted by molar-refractivity contribution is 5.96. The number of carbonyl (C=O) groups excluding carboxylic acids is 2. The number of hydrogen-bond acceptors (Lipinski definition) is 5. The van der Waals surface area contributed by atoms with Crippen molar-refractivity contribution in [2.75, 3.05) is 6.61 Å². The fourth-order valence-electron chi connectivity index (χ4n) is 4.80. The van der Waals surface area contributed by atoms with Crippen molar-refractivity contribution < 1.29 is 23.8 Å². The fourth-order valence-corrected chi connectivity index (χ4v) is 4.80. The highest BCUT2D eigenvalue weighted by Crippen LogP contribution is 2.35.